The van der Waals surface area contributed by atoms with Crippen LogP contribution in [0.2, 0.25) is 0 Å². The second kappa shape index (κ2) is 6.96. The molecule has 0 aliphatic heterocycles. The SMILES string of the molecule is Cc1ccc2oc(-c3cccc(N=Cc4cccc([N+](=O)[O-])c4O)c3)nc2c1. The largest absolute Gasteiger partial charge is 0.502 e. The molecule has 0 aliphatic rings. The number of hydrogen-bond donors (Lipinski definition) is 1. The van der Waals surface area contributed by atoms with Gasteiger partial charge in [0.1, 0.15) is 5.52 Å². The maximum Gasteiger partial charge on any atom is 0.311 e. The van der Waals surface area contributed by atoms with E-state index >= 15 is 0 Å². The zero-order valence-electron chi connectivity index (χ0n) is 14.9. The number of aromatic nitrogens is 1. The van der Waals surface area contributed by atoms with E-state index in [1.807, 2.05) is 37.3 Å². The Labute approximate surface area is 159 Å². The van der Waals surface area contributed by atoms with Crippen molar-refractivity contribution in [2.45, 2.75) is 6.92 Å². The zero-order valence-corrected chi connectivity index (χ0v) is 14.9. The van der Waals surface area contributed by atoms with Crippen molar-refractivity contribution in [3.63, 3.8) is 0 Å². The van der Waals surface area contributed by atoms with Gasteiger partial charge in [-0.05, 0) is 48.9 Å². The van der Waals surface area contributed by atoms with Crippen LogP contribution >= 0.6 is 0 Å². The normalized spacial score (nSPS) is 11.3. The summed E-state index contributed by atoms with van der Waals surface area (Å²) in [6.07, 6.45) is 1.39. The molecule has 0 bridgehead atoms. The van der Waals surface area contributed by atoms with Crippen molar-refractivity contribution in [2.75, 3.05) is 0 Å². The van der Waals surface area contributed by atoms with E-state index in [4.69, 9.17) is 4.42 Å². The summed E-state index contributed by atoms with van der Waals surface area (Å²) in [5.74, 6) is 0.0672. The third-order valence-electron chi connectivity index (χ3n) is 4.23. The van der Waals surface area contributed by atoms with E-state index in [1.54, 1.807) is 18.2 Å². The second-order valence-corrected chi connectivity index (χ2v) is 6.27. The van der Waals surface area contributed by atoms with Gasteiger partial charge in [-0.3, -0.25) is 15.1 Å². The van der Waals surface area contributed by atoms with Crippen LogP contribution in [0.25, 0.3) is 22.6 Å². The quantitative estimate of drug-likeness (QED) is 0.302. The molecule has 0 amide bonds. The third kappa shape index (κ3) is 3.33. The predicted octanol–water partition coefficient (Wildman–Crippen LogP) is 5.17. The highest BCUT2D eigenvalue weighted by Gasteiger charge is 2.15. The number of phenols is 1. The smallest absolute Gasteiger partial charge is 0.311 e. The van der Waals surface area contributed by atoms with E-state index in [2.05, 4.69) is 9.98 Å². The lowest BCUT2D eigenvalue weighted by molar-refractivity contribution is -0.385. The summed E-state index contributed by atoms with van der Waals surface area (Å²) >= 11 is 0. The Balaban J connectivity index is 1.66. The lowest BCUT2D eigenvalue weighted by Gasteiger charge is -2.00. The molecule has 4 rings (SSSR count). The molecule has 1 heterocycles. The van der Waals surface area contributed by atoms with Gasteiger partial charge in [0.2, 0.25) is 11.6 Å². The highest BCUT2D eigenvalue weighted by molar-refractivity contribution is 5.87. The van der Waals surface area contributed by atoms with Crippen molar-refractivity contribution in [3.05, 3.63) is 81.9 Å². The molecule has 1 aromatic heterocycles. The number of phenolic OH excluding ortho intramolecular Hbond substituents is 1. The van der Waals surface area contributed by atoms with Crippen molar-refractivity contribution < 1.29 is 14.4 Å². The van der Waals surface area contributed by atoms with Gasteiger partial charge in [-0.15, -0.1) is 0 Å². The fourth-order valence-electron chi connectivity index (χ4n) is 2.82. The van der Waals surface area contributed by atoms with Crippen LogP contribution in [-0.4, -0.2) is 21.2 Å². The molecule has 7 nitrogen and oxygen atoms in total. The molecule has 4 aromatic rings. The molecule has 0 atom stereocenters. The number of para-hydroxylation sites is 1. The molecule has 0 saturated carbocycles. The summed E-state index contributed by atoms with van der Waals surface area (Å²) in [5.41, 5.74) is 3.84. The van der Waals surface area contributed by atoms with E-state index in [0.717, 1.165) is 16.6 Å². The molecule has 3 aromatic carbocycles. The number of rotatable bonds is 4. The van der Waals surface area contributed by atoms with Gasteiger partial charge in [0, 0.05) is 23.4 Å². The molecule has 0 radical (unpaired) electrons. The van der Waals surface area contributed by atoms with Crippen molar-refractivity contribution >= 4 is 28.7 Å². The summed E-state index contributed by atoms with van der Waals surface area (Å²) in [6.45, 7) is 1.99. The highest BCUT2D eigenvalue weighted by Crippen LogP contribution is 2.30. The van der Waals surface area contributed by atoms with Gasteiger partial charge in [-0.25, -0.2) is 4.98 Å². The first-order valence-corrected chi connectivity index (χ1v) is 8.49. The van der Waals surface area contributed by atoms with E-state index in [1.165, 1.54) is 18.3 Å². The van der Waals surface area contributed by atoms with E-state index < -0.39 is 10.7 Å². The standard InChI is InChI=1S/C21H15N3O4/c1-13-8-9-19-17(10-13)23-21(28-19)14-4-2-6-16(11-14)22-12-15-5-3-7-18(20(15)25)24(26)27/h2-12,25H,1H3. The number of oxazole rings is 1. The number of nitro benzene ring substituents is 1. The molecule has 28 heavy (non-hydrogen) atoms. The fraction of sp³-hybridized carbons (Fsp3) is 0.0476. The topological polar surface area (TPSA) is 102 Å². The number of aromatic hydroxyl groups is 1. The van der Waals surface area contributed by atoms with Gasteiger partial charge in [0.25, 0.3) is 0 Å². The van der Waals surface area contributed by atoms with Gasteiger partial charge in [0.05, 0.1) is 10.6 Å². The van der Waals surface area contributed by atoms with Crippen LogP contribution < -0.4 is 0 Å². The number of aliphatic imine (C=N–C) groups is 1. The fourth-order valence-corrected chi connectivity index (χ4v) is 2.82. The van der Waals surface area contributed by atoms with Gasteiger partial charge in [-0.2, -0.15) is 0 Å². The van der Waals surface area contributed by atoms with E-state index in [-0.39, 0.29) is 11.3 Å². The number of nitrogens with zero attached hydrogens (tertiary/aromatic N) is 3. The van der Waals surface area contributed by atoms with Crippen LogP contribution in [0.15, 0.2) is 70.1 Å². The number of aryl methyl sites for hydroxylation is 1. The second-order valence-electron chi connectivity index (χ2n) is 6.27. The average molecular weight is 373 g/mol. The molecule has 138 valence electrons. The van der Waals surface area contributed by atoms with Crippen molar-refractivity contribution in [1.82, 2.24) is 4.98 Å². The van der Waals surface area contributed by atoms with Crippen LogP contribution in [0.3, 0.4) is 0 Å². The highest BCUT2D eigenvalue weighted by atomic mass is 16.6. The Kier molecular flexibility index (Phi) is 4.33. The van der Waals surface area contributed by atoms with Crippen molar-refractivity contribution in [1.29, 1.82) is 0 Å². The molecule has 0 aliphatic carbocycles. The van der Waals surface area contributed by atoms with Crippen LogP contribution in [0.1, 0.15) is 11.1 Å². The van der Waals surface area contributed by atoms with Gasteiger partial charge in [-0.1, -0.05) is 18.2 Å². The Bertz CT molecular complexity index is 1230. The Morgan fingerprint density at radius 1 is 1.14 bits per heavy atom. The lowest BCUT2D eigenvalue weighted by atomic mass is 10.2. The maximum absolute atomic E-state index is 10.9. The first-order chi connectivity index (χ1) is 13.5. The molecule has 0 spiro atoms. The minimum absolute atomic E-state index is 0.261. The predicted molar refractivity (Wildman–Crippen MR) is 106 cm³/mol. The molecular weight excluding hydrogens is 358 g/mol. The van der Waals surface area contributed by atoms with Crippen LogP contribution in [0, 0.1) is 17.0 Å². The summed E-state index contributed by atoms with van der Waals surface area (Å²) in [6, 6.07) is 17.3. The molecule has 1 N–H and O–H groups in total. The minimum Gasteiger partial charge on any atom is -0.502 e. The average Bonchev–Trinajstić information content (AvgIpc) is 3.10. The number of nitro groups is 1. The molecule has 0 fully saturated rings. The molecule has 0 unspecified atom stereocenters. The third-order valence-corrected chi connectivity index (χ3v) is 4.23. The zero-order chi connectivity index (χ0) is 19.7. The Hall–Kier alpha value is -4.00. The molecular formula is C21H15N3O4. The summed E-state index contributed by atoms with van der Waals surface area (Å²) < 4.78 is 5.81. The summed E-state index contributed by atoms with van der Waals surface area (Å²) in [4.78, 5) is 19.1. The number of hydrogen-bond acceptors (Lipinski definition) is 6. The molecule has 7 heteroatoms. The van der Waals surface area contributed by atoms with Gasteiger partial charge in [0.15, 0.2) is 5.58 Å². The van der Waals surface area contributed by atoms with Crippen LogP contribution in [0.4, 0.5) is 11.4 Å². The van der Waals surface area contributed by atoms with E-state index in [9.17, 15) is 15.2 Å². The Morgan fingerprint density at radius 2 is 1.96 bits per heavy atom. The van der Waals surface area contributed by atoms with Gasteiger partial charge < -0.3 is 9.52 Å². The Morgan fingerprint density at radius 3 is 2.79 bits per heavy atom. The summed E-state index contributed by atoms with van der Waals surface area (Å²) in [5, 5.41) is 20.9. The van der Waals surface area contributed by atoms with Crippen LogP contribution in [-0.2, 0) is 0 Å². The van der Waals surface area contributed by atoms with Gasteiger partial charge >= 0.3 is 5.69 Å². The van der Waals surface area contributed by atoms with E-state index in [0.29, 0.717) is 17.2 Å². The van der Waals surface area contributed by atoms with Crippen molar-refractivity contribution in [3.8, 4) is 17.2 Å². The first kappa shape index (κ1) is 17.4. The number of benzene rings is 3. The lowest BCUT2D eigenvalue weighted by Crippen LogP contribution is -1.91. The summed E-state index contributed by atoms with van der Waals surface area (Å²) in [7, 11) is 0. The first-order valence-electron chi connectivity index (χ1n) is 8.49. The van der Waals surface area contributed by atoms with Crippen molar-refractivity contribution in [2.24, 2.45) is 4.99 Å². The van der Waals surface area contributed by atoms with Crippen LogP contribution in [0.5, 0.6) is 5.75 Å². The monoisotopic (exact) mass is 373 g/mol. The molecule has 0 saturated heterocycles. The number of fused-ring (bicyclic) bond motifs is 1. The maximum atomic E-state index is 10.9. The minimum atomic E-state index is -0.637.